The van der Waals surface area contributed by atoms with Crippen LogP contribution in [0.4, 0.5) is 0 Å². The molecule has 5 nitrogen and oxygen atoms in total. The highest BCUT2D eigenvalue weighted by Crippen LogP contribution is 2.32. The highest BCUT2D eigenvalue weighted by atomic mass is 16.6. The van der Waals surface area contributed by atoms with Crippen LogP contribution in [0.25, 0.3) is 0 Å². The maximum Gasteiger partial charge on any atom is 0.261 e. The van der Waals surface area contributed by atoms with Crippen LogP contribution < -0.4 is 19.5 Å². The SMILES string of the molecule is Cc1cccc(O[C@@H](C)C(=O)N[C@@H](C)c2ccc3c(c2)OCCO3)c1. The van der Waals surface area contributed by atoms with Crippen LogP contribution >= 0.6 is 0 Å². The molecule has 1 heterocycles. The molecule has 0 unspecified atom stereocenters. The molecule has 25 heavy (non-hydrogen) atoms. The lowest BCUT2D eigenvalue weighted by molar-refractivity contribution is -0.127. The van der Waals surface area contributed by atoms with Gasteiger partial charge in [-0.25, -0.2) is 0 Å². The average Bonchev–Trinajstić information content (AvgIpc) is 2.61. The van der Waals surface area contributed by atoms with Crippen molar-refractivity contribution in [2.45, 2.75) is 32.9 Å². The second kappa shape index (κ2) is 7.47. The molecule has 0 bridgehead atoms. The van der Waals surface area contributed by atoms with Gasteiger partial charge in [-0.1, -0.05) is 18.2 Å². The smallest absolute Gasteiger partial charge is 0.261 e. The lowest BCUT2D eigenvalue weighted by Gasteiger charge is -2.22. The van der Waals surface area contributed by atoms with E-state index in [-0.39, 0.29) is 11.9 Å². The van der Waals surface area contributed by atoms with E-state index < -0.39 is 6.10 Å². The number of fused-ring (bicyclic) bond motifs is 1. The zero-order valence-corrected chi connectivity index (χ0v) is 14.7. The van der Waals surface area contributed by atoms with Gasteiger partial charge in [-0.3, -0.25) is 4.79 Å². The number of hydrogen-bond donors (Lipinski definition) is 1. The van der Waals surface area contributed by atoms with E-state index in [2.05, 4.69) is 5.32 Å². The molecular weight excluding hydrogens is 318 g/mol. The maximum atomic E-state index is 12.4. The van der Waals surface area contributed by atoms with Gasteiger partial charge in [0.15, 0.2) is 17.6 Å². The fraction of sp³-hybridized carbons (Fsp3) is 0.350. The van der Waals surface area contributed by atoms with Gasteiger partial charge >= 0.3 is 0 Å². The number of ether oxygens (including phenoxy) is 3. The number of nitrogens with one attached hydrogen (secondary N) is 1. The van der Waals surface area contributed by atoms with Crippen LogP contribution in [0.1, 0.15) is 31.0 Å². The number of hydrogen-bond acceptors (Lipinski definition) is 4. The summed E-state index contributed by atoms with van der Waals surface area (Å²) in [6.45, 7) is 6.77. The van der Waals surface area contributed by atoms with Crippen molar-refractivity contribution in [3.05, 3.63) is 53.6 Å². The summed E-state index contributed by atoms with van der Waals surface area (Å²) in [5, 5.41) is 2.98. The van der Waals surface area contributed by atoms with Crippen LogP contribution in [-0.4, -0.2) is 25.2 Å². The van der Waals surface area contributed by atoms with E-state index in [4.69, 9.17) is 14.2 Å². The van der Waals surface area contributed by atoms with E-state index in [1.165, 1.54) is 0 Å². The number of aryl methyl sites for hydroxylation is 1. The van der Waals surface area contributed by atoms with Crippen molar-refractivity contribution in [3.8, 4) is 17.2 Å². The Balaban J connectivity index is 1.61. The monoisotopic (exact) mass is 341 g/mol. The van der Waals surface area contributed by atoms with E-state index in [9.17, 15) is 4.79 Å². The first-order chi connectivity index (χ1) is 12.0. The molecule has 2 aromatic rings. The number of amides is 1. The zero-order valence-electron chi connectivity index (χ0n) is 14.7. The van der Waals surface area contributed by atoms with Crippen LogP contribution in [0.2, 0.25) is 0 Å². The Morgan fingerprint density at radius 2 is 1.84 bits per heavy atom. The summed E-state index contributed by atoms with van der Waals surface area (Å²) in [7, 11) is 0. The molecule has 1 N–H and O–H groups in total. The fourth-order valence-electron chi connectivity index (χ4n) is 2.69. The molecule has 1 aliphatic heterocycles. The molecule has 0 fully saturated rings. The van der Waals surface area contributed by atoms with E-state index in [1.54, 1.807) is 6.92 Å². The van der Waals surface area contributed by atoms with Crippen LogP contribution in [0.5, 0.6) is 17.2 Å². The van der Waals surface area contributed by atoms with Gasteiger partial charge in [-0.2, -0.15) is 0 Å². The molecule has 0 radical (unpaired) electrons. The first kappa shape index (κ1) is 17.1. The molecular formula is C20H23NO4. The third-order valence-corrected chi connectivity index (χ3v) is 4.10. The van der Waals surface area contributed by atoms with Crippen molar-refractivity contribution >= 4 is 5.91 Å². The molecule has 0 aliphatic carbocycles. The van der Waals surface area contributed by atoms with Crippen molar-refractivity contribution in [2.75, 3.05) is 13.2 Å². The number of rotatable bonds is 5. The summed E-state index contributed by atoms with van der Waals surface area (Å²) in [4.78, 5) is 12.4. The molecule has 3 rings (SSSR count). The van der Waals surface area contributed by atoms with Gasteiger partial charge in [0, 0.05) is 0 Å². The molecule has 0 aromatic heterocycles. The van der Waals surface area contributed by atoms with Gasteiger partial charge in [0.25, 0.3) is 5.91 Å². The summed E-state index contributed by atoms with van der Waals surface area (Å²) in [6.07, 6.45) is -0.582. The summed E-state index contributed by atoms with van der Waals surface area (Å²) in [5.74, 6) is 1.98. The van der Waals surface area contributed by atoms with Gasteiger partial charge in [-0.15, -0.1) is 0 Å². The quantitative estimate of drug-likeness (QED) is 0.905. The summed E-state index contributed by atoms with van der Waals surface area (Å²) >= 11 is 0. The van der Waals surface area contributed by atoms with Gasteiger partial charge < -0.3 is 19.5 Å². The molecule has 2 aromatic carbocycles. The normalized spacial score (nSPS) is 15.2. The second-order valence-corrected chi connectivity index (χ2v) is 6.21. The highest BCUT2D eigenvalue weighted by molar-refractivity contribution is 5.81. The summed E-state index contributed by atoms with van der Waals surface area (Å²) in [5.41, 5.74) is 2.05. The van der Waals surface area contributed by atoms with Gasteiger partial charge in [0.2, 0.25) is 0 Å². The standard InChI is InChI=1S/C20H23NO4/c1-13-5-4-6-17(11-13)25-15(3)20(22)21-14(2)16-7-8-18-19(12-16)24-10-9-23-18/h4-8,11-12,14-15H,9-10H2,1-3H3,(H,21,22)/t14-,15-/m0/s1. The number of carbonyl (C=O) groups is 1. The Morgan fingerprint density at radius 3 is 2.60 bits per heavy atom. The fourth-order valence-corrected chi connectivity index (χ4v) is 2.69. The topological polar surface area (TPSA) is 56.8 Å². The number of benzene rings is 2. The first-order valence-corrected chi connectivity index (χ1v) is 8.46. The largest absolute Gasteiger partial charge is 0.486 e. The molecule has 0 saturated carbocycles. The van der Waals surface area contributed by atoms with Gasteiger partial charge in [0.1, 0.15) is 19.0 Å². The Hall–Kier alpha value is -2.69. The zero-order chi connectivity index (χ0) is 17.8. The lowest BCUT2D eigenvalue weighted by Crippen LogP contribution is -2.37. The van der Waals surface area contributed by atoms with E-state index >= 15 is 0 Å². The third-order valence-electron chi connectivity index (χ3n) is 4.10. The molecule has 2 atom stereocenters. The van der Waals surface area contributed by atoms with Crippen molar-refractivity contribution in [1.29, 1.82) is 0 Å². The highest BCUT2D eigenvalue weighted by Gasteiger charge is 2.19. The van der Waals surface area contributed by atoms with E-state index in [0.29, 0.717) is 24.7 Å². The Bertz CT molecular complexity index is 759. The van der Waals surface area contributed by atoms with Gasteiger partial charge in [-0.05, 0) is 56.2 Å². The van der Waals surface area contributed by atoms with Crippen LogP contribution in [0, 0.1) is 6.92 Å². The molecule has 5 heteroatoms. The maximum absolute atomic E-state index is 12.4. The van der Waals surface area contributed by atoms with Crippen LogP contribution in [-0.2, 0) is 4.79 Å². The van der Waals surface area contributed by atoms with Crippen molar-refractivity contribution in [1.82, 2.24) is 5.32 Å². The second-order valence-electron chi connectivity index (χ2n) is 6.21. The van der Waals surface area contributed by atoms with Crippen molar-refractivity contribution < 1.29 is 19.0 Å². The van der Waals surface area contributed by atoms with Gasteiger partial charge in [0.05, 0.1) is 6.04 Å². The average molecular weight is 341 g/mol. The Morgan fingerprint density at radius 1 is 1.08 bits per heavy atom. The molecule has 0 spiro atoms. The molecule has 1 amide bonds. The minimum Gasteiger partial charge on any atom is -0.486 e. The minimum atomic E-state index is -0.582. The predicted molar refractivity (Wildman–Crippen MR) is 95.3 cm³/mol. The number of carbonyl (C=O) groups excluding carboxylic acids is 1. The lowest BCUT2D eigenvalue weighted by atomic mass is 10.1. The predicted octanol–water partition coefficient (Wildman–Crippen LogP) is 3.41. The van der Waals surface area contributed by atoms with E-state index in [1.807, 2.05) is 56.3 Å². The van der Waals surface area contributed by atoms with Crippen LogP contribution in [0.15, 0.2) is 42.5 Å². The van der Waals surface area contributed by atoms with E-state index in [0.717, 1.165) is 16.9 Å². The van der Waals surface area contributed by atoms with Crippen molar-refractivity contribution in [2.24, 2.45) is 0 Å². The van der Waals surface area contributed by atoms with Crippen LogP contribution in [0.3, 0.4) is 0 Å². The Kier molecular flexibility index (Phi) is 5.12. The summed E-state index contributed by atoms with van der Waals surface area (Å²) in [6, 6.07) is 13.2. The molecule has 0 saturated heterocycles. The third kappa shape index (κ3) is 4.24. The minimum absolute atomic E-state index is 0.160. The first-order valence-electron chi connectivity index (χ1n) is 8.46. The molecule has 1 aliphatic rings. The Labute approximate surface area is 147 Å². The summed E-state index contributed by atoms with van der Waals surface area (Å²) < 4.78 is 16.8. The molecule has 132 valence electrons. The van der Waals surface area contributed by atoms with Crippen molar-refractivity contribution in [3.63, 3.8) is 0 Å².